The van der Waals surface area contributed by atoms with Crippen LogP contribution in [0.2, 0.25) is 0 Å². The molecule has 0 heterocycles. The van der Waals surface area contributed by atoms with Crippen molar-refractivity contribution in [1.29, 1.82) is 0 Å². The molecular weight excluding hydrogens is 284 g/mol. The average molecular weight is 293 g/mol. The van der Waals surface area contributed by atoms with Crippen LogP contribution in [-0.4, -0.2) is 22.1 Å². The van der Waals surface area contributed by atoms with Crippen molar-refractivity contribution >= 4 is 17.6 Å². The van der Waals surface area contributed by atoms with Crippen molar-refractivity contribution in [2.45, 2.75) is 0 Å². The van der Waals surface area contributed by atoms with Crippen molar-refractivity contribution in [3.8, 4) is 5.75 Å². The van der Waals surface area contributed by atoms with E-state index >= 15 is 0 Å². The summed E-state index contributed by atoms with van der Waals surface area (Å²) in [5, 5.41) is 20.0. The number of carboxylic acids is 1. The summed E-state index contributed by atoms with van der Waals surface area (Å²) in [5.41, 5.74) is -1.46. The van der Waals surface area contributed by atoms with Gasteiger partial charge in [0.25, 0.3) is 5.91 Å². The summed E-state index contributed by atoms with van der Waals surface area (Å²) in [5.74, 6) is -4.81. The fourth-order valence-corrected chi connectivity index (χ4v) is 1.70. The monoisotopic (exact) mass is 293 g/mol. The Morgan fingerprint density at radius 3 is 2.33 bits per heavy atom. The third kappa shape index (κ3) is 2.97. The number of para-hydroxylation sites is 1. The Bertz CT molecular complexity index is 731. The molecule has 0 saturated heterocycles. The summed E-state index contributed by atoms with van der Waals surface area (Å²) in [4.78, 5) is 22.9. The van der Waals surface area contributed by atoms with Gasteiger partial charge in [-0.05, 0) is 24.3 Å². The molecule has 2 rings (SSSR count). The minimum Gasteiger partial charge on any atom is -0.508 e. The number of aromatic carboxylic acids is 1. The van der Waals surface area contributed by atoms with Gasteiger partial charge < -0.3 is 15.5 Å². The van der Waals surface area contributed by atoms with Crippen LogP contribution in [0.5, 0.6) is 5.75 Å². The van der Waals surface area contributed by atoms with Crippen molar-refractivity contribution < 1.29 is 28.6 Å². The van der Waals surface area contributed by atoms with Crippen LogP contribution in [-0.2, 0) is 0 Å². The number of anilines is 1. The number of carboxylic acid groups (broad SMARTS) is 1. The van der Waals surface area contributed by atoms with Crippen molar-refractivity contribution in [2.75, 3.05) is 5.32 Å². The minimum absolute atomic E-state index is 0.374. The first-order valence-corrected chi connectivity index (χ1v) is 5.72. The van der Waals surface area contributed by atoms with Crippen LogP contribution in [0.15, 0.2) is 36.4 Å². The lowest BCUT2D eigenvalue weighted by atomic mass is 10.1. The number of hydrogen-bond acceptors (Lipinski definition) is 3. The highest BCUT2D eigenvalue weighted by atomic mass is 19.1. The van der Waals surface area contributed by atoms with Crippen molar-refractivity contribution in [3.05, 3.63) is 59.2 Å². The average Bonchev–Trinajstić information content (AvgIpc) is 2.40. The molecule has 2 aromatic rings. The molecule has 1 amide bonds. The summed E-state index contributed by atoms with van der Waals surface area (Å²) in [7, 11) is 0. The largest absolute Gasteiger partial charge is 0.508 e. The van der Waals surface area contributed by atoms with Crippen LogP contribution in [0.3, 0.4) is 0 Å². The molecule has 2 aromatic carbocycles. The second kappa shape index (κ2) is 5.58. The van der Waals surface area contributed by atoms with E-state index in [0.29, 0.717) is 6.07 Å². The summed E-state index contributed by atoms with van der Waals surface area (Å²) in [6.07, 6.45) is 0. The highest BCUT2D eigenvalue weighted by Gasteiger charge is 2.19. The van der Waals surface area contributed by atoms with Gasteiger partial charge in [-0.15, -0.1) is 0 Å². The predicted octanol–water partition coefficient (Wildman–Crippen LogP) is 2.62. The van der Waals surface area contributed by atoms with Gasteiger partial charge in [0.1, 0.15) is 17.4 Å². The van der Waals surface area contributed by atoms with Gasteiger partial charge in [-0.1, -0.05) is 6.07 Å². The first kappa shape index (κ1) is 14.4. The summed E-state index contributed by atoms with van der Waals surface area (Å²) >= 11 is 0. The second-order valence-corrected chi connectivity index (χ2v) is 4.09. The number of rotatable bonds is 3. The molecule has 7 heteroatoms. The van der Waals surface area contributed by atoms with Gasteiger partial charge in [-0.3, -0.25) is 4.79 Å². The summed E-state index contributed by atoms with van der Waals surface area (Å²) in [6, 6.07) is 6.05. The molecule has 108 valence electrons. The van der Waals surface area contributed by atoms with E-state index in [1.807, 2.05) is 5.32 Å². The van der Waals surface area contributed by atoms with Gasteiger partial charge >= 0.3 is 5.97 Å². The van der Waals surface area contributed by atoms with Gasteiger partial charge in [0.05, 0.1) is 16.8 Å². The van der Waals surface area contributed by atoms with Crippen LogP contribution in [0, 0.1) is 11.6 Å². The van der Waals surface area contributed by atoms with E-state index in [1.54, 1.807) is 0 Å². The molecule has 0 aliphatic carbocycles. The maximum Gasteiger partial charge on any atom is 0.337 e. The minimum atomic E-state index is -1.43. The zero-order chi connectivity index (χ0) is 15.6. The molecule has 0 aromatic heterocycles. The maximum absolute atomic E-state index is 13.6. The van der Waals surface area contributed by atoms with Crippen molar-refractivity contribution in [3.63, 3.8) is 0 Å². The first-order valence-electron chi connectivity index (χ1n) is 5.72. The Labute approximate surface area is 117 Å². The molecule has 0 aliphatic rings. The fraction of sp³-hybridized carbons (Fsp3) is 0. The molecule has 0 spiro atoms. The van der Waals surface area contributed by atoms with E-state index in [2.05, 4.69) is 0 Å². The SMILES string of the molecule is O=C(Nc1c(F)cccc1C(=O)O)c1ccc(O)cc1F. The molecule has 0 radical (unpaired) electrons. The fourth-order valence-electron chi connectivity index (χ4n) is 1.70. The molecule has 0 saturated carbocycles. The summed E-state index contributed by atoms with van der Waals surface area (Å²) < 4.78 is 27.2. The van der Waals surface area contributed by atoms with E-state index in [1.165, 1.54) is 6.07 Å². The van der Waals surface area contributed by atoms with Crippen molar-refractivity contribution in [1.82, 2.24) is 0 Å². The number of halogens is 2. The molecular formula is C14H9F2NO4. The van der Waals surface area contributed by atoms with E-state index in [-0.39, 0.29) is 5.75 Å². The van der Waals surface area contributed by atoms with Crippen LogP contribution >= 0.6 is 0 Å². The number of carbonyl (C=O) groups is 2. The van der Waals surface area contributed by atoms with E-state index in [9.17, 15) is 18.4 Å². The normalized spacial score (nSPS) is 10.2. The molecule has 0 unspecified atom stereocenters. The smallest absolute Gasteiger partial charge is 0.337 e. The Balaban J connectivity index is 2.38. The van der Waals surface area contributed by atoms with Gasteiger partial charge in [0, 0.05) is 6.07 Å². The molecule has 21 heavy (non-hydrogen) atoms. The molecule has 5 nitrogen and oxygen atoms in total. The zero-order valence-electron chi connectivity index (χ0n) is 10.4. The van der Waals surface area contributed by atoms with Crippen molar-refractivity contribution in [2.24, 2.45) is 0 Å². The lowest BCUT2D eigenvalue weighted by molar-refractivity contribution is 0.0697. The number of benzene rings is 2. The van der Waals surface area contributed by atoms with Gasteiger partial charge in [0.2, 0.25) is 0 Å². The Hall–Kier alpha value is -2.96. The lowest BCUT2D eigenvalue weighted by Crippen LogP contribution is -2.17. The number of amides is 1. The number of carbonyl (C=O) groups excluding carboxylic acids is 1. The van der Waals surface area contributed by atoms with Crippen LogP contribution in [0.1, 0.15) is 20.7 Å². The van der Waals surface area contributed by atoms with E-state index < -0.39 is 40.3 Å². The Kier molecular flexibility index (Phi) is 3.84. The van der Waals surface area contributed by atoms with Crippen LogP contribution in [0.4, 0.5) is 14.5 Å². The second-order valence-electron chi connectivity index (χ2n) is 4.09. The molecule has 3 N–H and O–H groups in total. The highest BCUT2D eigenvalue weighted by Crippen LogP contribution is 2.22. The van der Waals surface area contributed by atoms with Gasteiger partial charge in [-0.25, -0.2) is 13.6 Å². The first-order chi connectivity index (χ1) is 9.90. The molecule has 0 bridgehead atoms. The predicted molar refractivity (Wildman–Crippen MR) is 69.4 cm³/mol. The molecule has 0 fully saturated rings. The number of phenolic OH excluding ortho intramolecular Hbond substituents is 1. The van der Waals surface area contributed by atoms with Crippen LogP contribution < -0.4 is 5.32 Å². The summed E-state index contributed by atoms with van der Waals surface area (Å²) in [6.45, 7) is 0. The topological polar surface area (TPSA) is 86.6 Å². The maximum atomic E-state index is 13.6. The zero-order valence-corrected chi connectivity index (χ0v) is 10.4. The number of hydrogen-bond donors (Lipinski definition) is 3. The quantitative estimate of drug-likeness (QED) is 0.812. The molecule has 0 atom stereocenters. The third-order valence-corrected chi connectivity index (χ3v) is 2.68. The lowest BCUT2D eigenvalue weighted by Gasteiger charge is -2.10. The number of nitrogens with one attached hydrogen (secondary N) is 1. The van der Waals surface area contributed by atoms with Gasteiger partial charge in [0.15, 0.2) is 0 Å². The third-order valence-electron chi connectivity index (χ3n) is 2.68. The Morgan fingerprint density at radius 2 is 1.71 bits per heavy atom. The van der Waals surface area contributed by atoms with Crippen LogP contribution in [0.25, 0.3) is 0 Å². The van der Waals surface area contributed by atoms with Gasteiger partial charge in [-0.2, -0.15) is 0 Å². The van der Waals surface area contributed by atoms with E-state index in [4.69, 9.17) is 10.2 Å². The standard InChI is InChI=1S/C14H9F2NO4/c15-10-3-1-2-9(14(20)21)12(10)17-13(19)8-5-4-7(18)6-11(8)16/h1-6,18H,(H,17,19)(H,20,21). The van der Waals surface area contributed by atoms with E-state index in [0.717, 1.165) is 24.3 Å². The Morgan fingerprint density at radius 1 is 1.00 bits per heavy atom. The number of phenols is 1. The highest BCUT2D eigenvalue weighted by molar-refractivity contribution is 6.08. The number of aromatic hydroxyl groups is 1. The molecule has 0 aliphatic heterocycles.